The summed E-state index contributed by atoms with van der Waals surface area (Å²) >= 11 is 0. The molecule has 174 valence electrons. The predicted molar refractivity (Wildman–Crippen MR) is 132 cm³/mol. The fraction of sp³-hybridized carbons (Fsp3) is 0.464. The topological polar surface area (TPSA) is 44.8 Å². The molecular weight excluding hydrogens is 400 g/mol. The second-order valence-electron chi connectivity index (χ2n) is 8.97. The van der Waals surface area contributed by atoms with E-state index < -0.39 is 0 Å². The van der Waals surface area contributed by atoms with Gasteiger partial charge in [0.25, 0.3) is 0 Å². The van der Waals surface area contributed by atoms with E-state index in [9.17, 15) is 4.79 Å². The molecule has 0 saturated heterocycles. The molecule has 2 aromatic rings. The molecule has 0 unspecified atom stereocenters. The summed E-state index contributed by atoms with van der Waals surface area (Å²) in [6.07, 6.45) is 7.57. The van der Waals surface area contributed by atoms with Gasteiger partial charge in [0.1, 0.15) is 17.2 Å². The highest BCUT2D eigenvalue weighted by molar-refractivity contribution is 6.07. The molecule has 0 aliphatic heterocycles. The van der Waals surface area contributed by atoms with Gasteiger partial charge in [-0.25, -0.2) is 0 Å². The Morgan fingerprint density at radius 2 is 1.50 bits per heavy atom. The maximum absolute atomic E-state index is 12.7. The summed E-state index contributed by atoms with van der Waals surface area (Å²) in [5.74, 6) is 2.27. The number of unbranched alkanes of at least 4 members (excludes halogenated alkanes) is 2. The first-order valence-corrected chi connectivity index (χ1v) is 11.6. The molecule has 0 aliphatic carbocycles. The first kappa shape index (κ1) is 25.5. The number of methoxy groups -OCH3 is 1. The quantitative estimate of drug-likeness (QED) is 0.199. The molecule has 0 heterocycles. The average molecular weight is 439 g/mol. The summed E-state index contributed by atoms with van der Waals surface area (Å²) in [4.78, 5) is 12.7. The summed E-state index contributed by atoms with van der Waals surface area (Å²) in [5, 5.41) is 0. The van der Waals surface area contributed by atoms with Crippen molar-refractivity contribution in [3.05, 3.63) is 59.2 Å². The van der Waals surface area contributed by atoms with Gasteiger partial charge < -0.3 is 14.2 Å². The van der Waals surface area contributed by atoms with Gasteiger partial charge in [0, 0.05) is 22.8 Å². The zero-order valence-corrected chi connectivity index (χ0v) is 20.5. The second-order valence-corrected chi connectivity index (χ2v) is 8.97. The van der Waals surface area contributed by atoms with Gasteiger partial charge in [0.2, 0.25) is 0 Å². The van der Waals surface area contributed by atoms with E-state index in [1.807, 2.05) is 12.1 Å². The first-order chi connectivity index (χ1) is 15.3. The van der Waals surface area contributed by atoms with Gasteiger partial charge in [-0.3, -0.25) is 4.79 Å². The Bertz CT molecular complexity index is 889. The fourth-order valence-electron chi connectivity index (χ4n) is 3.21. The van der Waals surface area contributed by atoms with Gasteiger partial charge in [0.05, 0.1) is 20.3 Å². The number of benzene rings is 2. The minimum Gasteiger partial charge on any atom is -0.497 e. The molecule has 0 bridgehead atoms. The van der Waals surface area contributed by atoms with E-state index in [2.05, 4.69) is 40.7 Å². The van der Waals surface area contributed by atoms with Gasteiger partial charge >= 0.3 is 0 Å². The number of hydrogen-bond acceptors (Lipinski definition) is 4. The summed E-state index contributed by atoms with van der Waals surface area (Å²) in [6.45, 7) is 12.1. The normalized spacial score (nSPS) is 11.6. The van der Waals surface area contributed by atoms with Crippen LogP contribution >= 0.6 is 0 Å². The second kappa shape index (κ2) is 12.3. The molecule has 0 N–H and O–H groups in total. The molecule has 0 aromatic heterocycles. The van der Waals surface area contributed by atoms with Gasteiger partial charge in [-0.05, 0) is 60.7 Å². The van der Waals surface area contributed by atoms with Crippen molar-refractivity contribution >= 4 is 11.9 Å². The number of ether oxygens (including phenoxy) is 3. The van der Waals surface area contributed by atoms with Crippen LogP contribution in [0.15, 0.2) is 42.5 Å². The van der Waals surface area contributed by atoms with Crippen molar-refractivity contribution in [2.45, 2.75) is 65.7 Å². The number of hydrogen-bond donors (Lipinski definition) is 0. The van der Waals surface area contributed by atoms with E-state index in [-0.39, 0.29) is 11.2 Å². The van der Waals surface area contributed by atoms with Crippen LogP contribution in [-0.4, -0.2) is 26.1 Å². The van der Waals surface area contributed by atoms with Crippen molar-refractivity contribution < 1.29 is 19.0 Å². The van der Waals surface area contributed by atoms with Crippen LogP contribution in [-0.2, 0) is 5.41 Å². The Labute approximate surface area is 193 Å². The Morgan fingerprint density at radius 1 is 0.906 bits per heavy atom. The van der Waals surface area contributed by atoms with E-state index in [1.54, 1.807) is 37.5 Å². The highest BCUT2D eigenvalue weighted by atomic mass is 16.5. The lowest BCUT2D eigenvalue weighted by Crippen LogP contribution is -2.15. The molecule has 0 atom stereocenters. The van der Waals surface area contributed by atoms with Crippen molar-refractivity contribution in [2.75, 3.05) is 20.3 Å². The Morgan fingerprint density at radius 3 is 2.03 bits per heavy atom. The van der Waals surface area contributed by atoms with Crippen molar-refractivity contribution in [3.63, 3.8) is 0 Å². The molecule has 4 heteroatoms. The zero-order valence-electron chi connectivity index (χ0n) is 20.5. The third-order valence-electron chi connectivity index (χ3n) is 5.22. The molecule has 0 fully saturated rings. The van der Waals surface area contributed by atoms with Gasteiger partial charge in [-0.1, -0.05) is 47.5 Å². The molecule has 32 heavy (non-hydrogen) atoms. The van der Waals surface area contributed by atoms with Crippen LogP contribution in [0.1, 0.15) is 81.8 Å². The van der Waals surface area contributed by atoms with Crippen LogP contribution in [0.4, 0.5) is 0 Å². The highest BCUT2D eigenvalue weighted by Gasteiger charge is 2.22. The van der Waals surface area contributed by atoms with Gasteiger partial charge in [-0.2, -0.15) is 0 Å². The SMILES string of the molecule is CCCCOc1cc(OCCCC)c(C(C)(C)C)cc1C=CC(=O)c1ccc(OC)cc1. The van der Waals surface area contributed by atoms with Crippen molar-refractivity contribution in [3.8, 4) is 17.2 Å². The minimum absolute atomic E-state index is 0.0623. The van der Waals surface area contributed by atoms with Crippen molar-refractivity contribution in [1.82, 2.24) is 0 Å². The molecule has 2 rings (SSSR count). The standard InChI is InChI=1S/C28H38O4/c1-7-9-17-31-26-20-27(32-18-10-8-2)24(28(3,4)5)19-22(26)13-16-25(29)21-11-14-23(30-6)15-12-21/h11-16,19-20H,7-10,17-18H2,1-6H3. The van der Waals surface area contributed by atoms with E-state index in [4.69, 9.17) is 14.2 Å². The lowest BCUT2D eigenvalue weighted by Gasteiger charge is -2.25. The molecular formula is C28H38O4. The predicted octanol–water partition coefficient (Wildman–Crippen LogP) is 7.25. The molecule has 0 aliphatic rings. The molecule has 2 aromatic carbocycles. The summed E-state index contributed by atoms with van der Waals surface area (Å²) < 4.78 is 17.4. The van der Waals surface area contributed by atoms with Crippen molar-refractivity contribution in [1.29, 1.82) is 0 Å². The number of ketones is 1. The molecule has 4 nitrogen and oxygen atoms in total. The maximum atomic E-state index is 12.7. The number of allylic oxidation sites excluding steroid dienone is 1. The molecule has 0 spiro atoms. The van der Waals surface area contributed by atoms with E-state index in [1.165, 1.54) is 0 Å². The van der Waals surface area contributed by atoms with Crippen LogP contribution in [0.2, 0.25) is 0 Å². The van der Waals surface area contributed by atoms with Crippen LogP contribution in [0.3, 0.4) is 0 Å². The van der Waals surface area contributed by atoms with Crippen LogP contribution in [0.5, 0.6) is 17.2 Å². The average Bonchev–Trinajstić information content (AvgIpc) is 2.77. The lowest BCUT2D eigenvalue weighted by molar-refractivity contribution is 0.104. The zero-order chi connectivity index (χ0) is 23.6. The number of carbonyl (C=O) groups is 1. The minimum atomic E-state index is -0.105. The van der Waals surface area contributed by atoms with Crippen LogP contribution < -0.4 is 14.2 Å². The summed E-state index contributed by atoms with van der Waals surface area (Å²) in [7, 11) is 1.61. The smallest absolute Gasteiger partial charge is 0.185 e. The Hall–Kier alpha value is -2.75. The van der Waals surface area contributed by atoms with Crippen molar-refractivity contribution in [2.24, 2.45) is 0 Å². The third-order valence-corrected chi connectivity index (χ3v) is 5.22. The number of carbonyl (C=O) groups excluding carboxylic acids is 1. The van der Waals surface area contributed by atoms with Gasteiger partial charge in [-0.15, -0.1) is 0 Å². The highest BCUT2D eigenvalue weighted by Crippen LogP contribution is 2.37. The largest absolute Gasteiger partial charge is 0.497 e. The molecule has 0 radical (unpaired) electrons. The Kier molecular flexibility index (Phi) is 9.83. The number of rotatable bonds is 12. The van der Waals surface area contributed by atoms with Crippen LogP contribution in [0, 0.1) is 0 Å². The van der Waals surface area contributed by atoms with E-state index in [0.717, 1.165) is 54.1 Å². The fourth-order valence-corrected chi connectivity index (χ4v) is 3.21. The van der Waals surface area contributed by atoms with E-state index in [0.29, 0.717) is 18.8 Å². The Balaban J connectivity index is 2.39. The summed E-state index contributed by atoms with van der Waals surface area (Å²) in [6, 6.07) is 11.2. The molecule has 0 saturated carbocycles. The van der Waals surface area contributed by atoms with Gasteiger partial charge in [0.15, 0.2) is 5.78 Å². The molecule has 0 amide bonds. The maximum Gasteiger partial charge on any atom is 0.185 e. The first-order valence-electron chi connectivity index (χ1n) is 11.6. The van der Waals surface area contributed by atoms with Crippen LogP contribution in [0.25, 0.3) is 6.08 Å². The van der Waals surface area contributed by atoms with E-state index >= 15 is 0 Å². The monoisotopic (exact) mass is 438 g/mol. The lowest BCUT2D eigenvalue weighted by atomic mass is 9.85. The third kappa shape index (κ3) is 7.44. The summed E-state index contributed by atoms with van der Waals surface area (Å²) in [5.41, 5.74) is 2.50.